The number of nitrogens with one attached hydrogen (secondary N) is 1. The molecule has 4 rings (SSSR count). The lowest BCUT2D eigenvalue weighted by Gasteiger charge is -2.22. The van der Waals surface area contributed by atoms with Crippen molar-refractivity contribution in [3.63, 3.8) is 0 Å². The number of carbonyl (C=O) groups excluding carboxylic acids is 1. The Labute approximate surface area is 162 Å². The fourth-order valence-electron chi connectivity index (χ4n) is 3.42. The Balaban J connectivity index is 1.76. The summed E-state index contributed by atoms with van der Waals surface area (Å²) in [5.74, 6) is 0.611. The third-order valence-corrected chi connectivity index (χ3v) is 4.88. The van der Waals surface area contributed by atoms with Crippen molar-refractivity contribution >= 4 is 11.6 Å². The van der Waals surface area contributed by atoms with Crippen molar-refractivity contribution < 1.29 is 9.53 Å². The lowest BCUT2D eigenvalue weighted by atomic mass is 9.96. The van der Waals surface area contributed by atoms with Crippen LogP contribution in [0.3, 0.4) is 0 Å². The van der Waals surface area contributed by atoms with E-state index in [9.17, 15) is 9.59 Å². The molecule has 0 saturated heterocycles. The summed E-state index contributed by atoms with van der Waals surface area (Å²) in [5, 5.41) is 2.94. The summed E-state index contributed by atoms with van der Waals surface area (Å²) in [5.41, 5.74) is 5.27. The number of hydrogen-bond donors (Lipinski definition) is 1. The summed E-state index contributed by atoms with van der Waals surface area (Å²) < 4.78 is 7.65. The van der Waals surface area contributed by atoms with Gasteiger partial charge in [-0.15, -0.1) is 0 Å². The molecule has 0 spiro atoms. The number of rotatable bonds is 4. The fraction of sp³-hybridized carbons (Fsp3) is 0.227. The Morgan fingerprint density at radius 2 is 2.04 bits per heavy atom. The molecular weight excluding hydrogens is 354 g/mol. The van der Waals surface area contributed by atoms with Gasteiger partial charge < -0.3 is 14.6 Å². The van der Waals surface area contributed by atoms with Crippen molar-refractivity contribution in [1.82, 2.24) is 9.55 Å². The zero-order chi connectivity index (χ0) is 19.7. The first-order valence-electron chi connectivity index (χ1n) is 9.17. The van der Waals surface area contributed by atoms with Gasteiger partial charge in [-0.1, -0.05) is 6.07 Å². The van der Waals surface area contributed by atoms with Crippen LogP contribution in [0.25, 0.3) is 11.1 Å². The second-order valence-electron chi connectivity index (χ2n) is 7.03. The van der Waals surface area contributed by atoms with Crippen molar-refractivity contribution in [2.75, 3.05) is 5.32 Å². The number of nitrogens with zero attached hydrogens (tertiary/aromatic N) is 2. The largest absolute Gasteiger partial charge is 0.487 e. The van der Waals surface area contributed by atoms with E-state index in [1.807, 2.05) is 37.4 Å². The number of pyridine rings is 2. The van der Waals surface area contributed by atoms with Gasteiger partial charge in [-0.05, 0) is 54.3 Å². The molecule has 142 valence electrons. The predicted octanol–water partition coefficient (Wildman–Crippen LogP) is 3.22. The van der Waals surface area contributed by atoms with E-state index in [1.54, 1.807) is 24.0 Å². The van der Waals surface area contributed by atoms with Crippen LogP contribution >= 0.6 is 0 Å². The van der Waals surface area contributed by atoms with Gasteiger partial charge in [0.25, 0.3) is 5.56 Å². The molecule has 1 aliphatic rings. The summed E-state index contributed by atoms with van der Waals surface area (Å²) >= 11 is 0. The normalized spacial score (nSPS) is 13.0. The number of fused-ring (bicyclic) bond motifs is 1. The van der Waals surface area contributed by atoms with E-state index in [1.165, 1.54) is 0 Å². The van der Waals surface area contributed by atoms with E-state index < -0.39 is 0 Å². The van der Waals surface area contributed by atoms with Gasteiger partial charge in [0.05, 0.1) is 5.69 Å². The van der Waals surface area contributed by atoms with E-state index >= 15 is 0 Å². The maximum atomic E-state index is 12.0. The van der Waals surface area contributed by atoms with Gasteiger partial charge in [-0.3, -0.25) is 14.6 Å². The number of amides is 1. The molecule has 0 saturated carbocycles. The number of benzene rings is 1. The zero-order valence-corrected chi connectivity index (χ0v) is 15.9. The molecular formula is C22H21N3O3. The molecule has 0 aliphatic carbocycles. The number of aromatic nitrogens is 2. The highest BCUT2D eigenvalue weighted by Crippen LogP contribution is 2.37. The van der Waals surface area contributed by atoms with E-state index in [0.29, 0.717) is 30.8 Å². The number of hydrogen-bond acceptors (Lipinski definition) is 4. The van der Waals surface area contributed by atoms with Crippen molar-refractivity contribution in [2.24, 2.45) is 7.05 Å². The number of anilines is 1. The predicted molar refractivity (Wildman–Crippen MR) is 107 cm³/mol. The Morgan fingerprint density at radius 3 is 2.79 bits per heavy atom. The van der Waals surface area contributed by atoms with E-state index in [-0.39, 0.29) is 11.5 Å². The first-order chi connectivity index (χ1) is 13.5. The summed E-state index contributed by atoms with van der Waals surface area (Å²) in [6, 6.07) is 9.67. The van der Waals surface area contributed by atoms with E-state index in [4.69, 9.17) is 4.74 Å². The first-order valence-corrected chi connectivity index (χ1v) is 9.17. The Morgan fingerprint density at radius 1 is 1.18 bits per heavy atom. The van der Waals surface area contributed by atoms with E-state index in [2.05, 4.69) is 16.4 Å². The molecule has 3 aromatic rings. The second kappa shape index (κ2) is 7.31. The first kappa shape index (κ1) is 18.0. The van der Waals surface area contributed by atoms with Gasteiger partial charge in [-0.2, -0.15) is 0 Å². The molecule has 6 nitrogen and oxygen atoms in total. The third-order valence-electron chi connectivity index (χ3n) is 4.88. The molecule has 2 aromatic heterocycles. The van der Waals surface area contributed by atoms with Crippen LogP contribution in [0.15, 0.2) is 53.7 Å². The summed E-state index contributed by atoms with van der Waals surface area (Å²) in [6.45, 7) is 2.16. The second-order valence-corrected chi connectivity index (χ2v) is 7.03. The number of aryl methyl sites for hydroxylation is 3. The average molecular weight is 375 g/mol. The highest BCUT2D eigenvalue weighted by Gasteiger charge is 2.21. The van der Waals surface area contributed by atoms with Gasteiger partial charge in [0.15, 0.2) is 0 Å². The Bertz CT molecular complexity index is 1080. The van der Waals surface area contributed by atoms with Gasteiger partial charge >= 0.3 is 0 Å². The summed E-state index contributed by atoms with van der Waals surface area (Å²) in [7, 11) is 1.75. The van der Waals surface area contributed by atoms with Gasteiger partial charge in [0, 0.05) is 43.2 Å². The van der Waals surface area contributed by atoms with Crippen molar-refractivity contribution in [3.8, 4) is 16.9 Å². The topological polar surface area (TPSA) is 73.2 Å². The molecule has 0 fully saturated rings. The van der Waals surface area contributed by atoms with Crippen LogP contribution in [0.4, 0.5) is 5.69 Å². The standard InChI is InChI=1S/C22H21N3O3/c1-14-8-18(12-25(2)22(14)27)17-9-16-5-6-20(26)24-21(16)19(10-17)28-13-15-4-3-7-23-11-15/h3-4,7-12H,5-6,13H2,1-2H3,(H,24,26). The maximum absolute atomic E-state index is 12.0. The minimum Gasteiger partial charge on any atom is -0.487 e. The van der Waals surface area contributed by atoms with Crippen molar-refractivity contribution in [2.45, 2.75) is 26.4 Å². The van der Waals surface area contributed by atoms with Gasteiger partial charge in [0.2, 0.25) is 5.91 Å². The number of ether oxygens (including phenoxy) is 1. The minimum absolute atomic E-state index is 0.00979. The molecule has 1 aliphatic heterocycles. The highest BCUT2D eigenvalue weighted by atomic mass is 16.5. The van der Waals surface area contributed by atoms with Gasteiger partial charge in [-0.25, -0.2) is 0 Å². The van der Waals surface area contributed by atoms with Crippen molar-refractivity contribution in [1.29, 1.82) is 0 Å². The lowest BCUT2D eigenvalue weighted by Crippen LogP contribution is -2.20. The monoisotopic (exact) mass is 375 g/mol. The van der Waals surface area contributed by atoms with Crippen LogP contribution in [0.5, 0.6) is 5.75 Å². The Hall–Kier alpha value is -3.41. The molecule has 0 unspecified atom stereocenters. The average Bonchev–Trinajstić information content (AvgIpc) is 2.70. The fourth-order valence-corrected chi connectivity index (χ4v) is 3.42. The molecule has 1 N–H and O–H groups in total. The molecule has 0 atom stereocenters. The summed E-state index contributed by atoms with van der Waals surface area (Å²) in [6.07, 6.45) is 6.40. The molecule has 3 heterocycles. The smallest absolute Gasteiger partial charge is 0.253 e. The van der Waals surface area contributed by atoms with Crippen molar-refractivity contribution in [3.05, 3.63) is 76.0 Å². The van der Waals surface area contributed by atoms with Crippen LogP contribution in [-0.2, 0) is 24.9 Å². The molecule has 0 radical (unpaired) electrons. The highest BCUT2D eigenvalue weighted by molar-refractivity contribution is 5.96. The summed E-state index contributed by atoms with van der Waals surface area (Å²) in [4.78, 5) is 28.1. The molecule has 6 heteroatoms. The molecule has 1 aromatic carbocycles. The van der Waals surface area contributed by atoms with E-state index in [0.717, 1.165) is 27.9 Å². The minimum atomic E-state index is -0.0120. The van der Waals surface area contributed by atoms with Crippen LogP contribution in [0.2, 0.25) is 0 Å². The SMILES string of the molecule is Cc1cc(-c2cc3c(c(OCc4cccnc4)c2)NC(=O)CC3)cn(C)c1=O. The van der Waals surface area contributed by atoms with Crippen LogP contribution in [0, 0.1) is 6.92 Å². The molecule has 1 amide bonds. The van der Waals surface area contributed by atoms with Crippen LogP contribution in [-0.4, -0.2) is 15.5 Å². The quantitative estimate of drug-likeness (QED) is 0.760. The maximum Gasteiger partial charge on any atom is 0.253 e. The third kappa shape index (κ3) is 3.53. The van der Waals surface area contributed by atoms with Gasteiger partial charge in [0.1, 0.15) is 12.4 Å². The van der Waals surface area contributed by atoms with Crippen LogP contribution in [0.1, 0.15) is 23.1 Å². The number of carbonyl (C=O) groups is 1. The van der Waals surface area contributed by atoms with Crippen LogP contribution < -0.4 is 15.6 Å². The molecule has 0 bridgehead atoms. The molecule has 28 heavy (non-hydrogen) atoms. The zero-order valence-electron chi connectivity index (χ0n) is 15.9. The lowest BCUT2D eigenvalue weighted by molar-refractivity contribution is -0.116. The Kier molecular flexibility index (Phi) is 4.69.